The zero-order chi connectivity index (χ0) is 15.6. The second-order valence-electron chi connectivity index (χ2n) is 4.71. The monoisotopic (exact) mass is 313 g/mol. The van der Waals surface area contributed by atoms with E-state index in [2.05, 4.69) is 4.18 Å². The number of cyclic esters (lactones) is 1. The molecule has 114 valence electrons. The zero-order valence-electron chi connectivity index (χ0n) is 11.6. The summed E-state index contributed by atoms with van der Waals surface area (Å²) in [5, 5.41) is 0. The summed E-state index contributed by atoms with van der Waals surface area (Å²) in [5.74, 6) is -0.0648. The highest BCUT2D eigenvalue weighted by molar-refractivity contribution is 7.85. The molecule has 1 saturated heterocycles. The van der Waals surface area contributed by atoms with Gasteiger partial charge < -0.3 is 4.74 Å². The summed E-state index contributed by atoms with van der Waals surface area (Å²) in [7, 11) is -3.57. The van der Waals surface area contributed by atoms with Gasteiger partial charge in [-0.25, -0.2) is 4.79 Å². The van der Waals surface area contributed by atoms with Gasteiger partial charge in [0.15, 0.2) is 5.78 Å². The molecule has 1 aliphatic heterocycles. The van der Waals surface area contributed by atoms with E-state index in [1.807, 2.05) is 0 Å². The Morgan fingerprint density at radius 1 is 1.38 bits per heavy atom. The Morgan fingerprint density at radius 3 is 2.52 bits per heavy atom. The van der Waals surface area contributed by atoms with E-state index in [1.165, 1.54) is 11.8 Å². The maximum atomic E-state index is 11.8. The van der Waals surface area contributed by atoms with Gasteiger partial charge in [-0.2, -0.15) is 8.42 Å². The minimum atomic E-state index is -3.57. The molecule has 0 aliphatic carbocycles. The van der Waals surface area contributed by atoms with Gasteiger partial charge >= 0.3 is 6.09 Å². The third-order valence-electron chi connectivity index (χ3n) is 2.93. The van der Waals surface area contributed by atoms with Gasteiger partial charge in [0, 0.05) is 11.3 Å². The number of rotatable bonds is 5. The van der Waals surface area contributed by atoms with Crippen LogP contribution in [0.15, 0.2) is 24.3 Å². The summed E-state index contributed by atoms with van der Waals surface area (Å²) in [4.78, 5) is 24.3. The fraction of sp³-hybridized carbons (Fsp3) is 0.385. The van der Waals surface area contributed by atoms with Crippen LogP contribution in [-0.2, 0) is 19.0 Å². The van der Waals surface area contributed by atoms with Gasteiger partial charge in [0.2, 0.25) is 0 Å². The van der Waals surface area contributed by atoms with Crippen LogP contribution in [0.3, 0.4) is 0 Å². The molecule has 0 N–H and O–H groups in total. The van der Waals surface area contributed by atoms with Gasteiger partial charge in [-0.15, -0.1) is 0 Å². The van der Waals surface area contributed by atoms with E-state index in [0.717, 1.165) is 6.26 Å². The molecule has 1 amide bonds. The van der Waals surface area contributed by atoms with Crippen molar-refractivity contribution in [1.29, 1.82) is 0 Å². The van der Waals surface area contributed by atoms with Gasteiger partial charge in [0.25, 0.3) is 10.1 Å². The molecule has 7 nitrogen and oxygen atoms in total. The number of ketones is 1. The highest BCUT2D eigenvalue weighted by atomic mass is 32.2. The quantitative estimate of drug-likeness (QED) is 0.599. The second-order valence-corrected chi connectivity index (χ2v) is 6.35. The molecule has 0 aromatic heterocycles. The van der Waals surface area contributed by atoms with Gasteiger partial charge in [0.1, 0.15) is 12.7 Å². The minimum Gasteiger partial charge on any atom is -0.441 e. The molecule has 1 aromatic rings. The van der Waals surface area contributed by atoms with Crippen molar-refractivity contribution in [3.05, 3.63) is 29.8 Å². The van der Waals surface area contributed by atoms with Crippen LogP contribution in [0.1, 0.15) is 17.3 Å². The fourth-order valence-electron chi connectivity index (χ4n) is 1.89. The Labute approximate surface area is 122 Å². The molecule has 1 aliphatic rings. The lowest BCUT2D eigenvalue weighted by Crippen LogP contribution is -2.26. The molecule has 0 spiro atoms. The first-order valence-corrected chi connectivity index (χ1v) is 8.01. The van der Waals surface area contributed by atoms with Crippen molar-refractivity contribution in [3.63, 3.8) is 0 Å². The van der Waals surface area contributed by atoms with Gasteiger partial charge in [0.05, 0.1) is 12.8 Å². The standard InChI is InChI=1S/C13H15NO6S/c1-9(15)10-3-5-11(6-4-10)14-7-12(20-13(14)16)8-19-21(2,17)18/h3-6,12H,7-8H2,1-2H3. The van der Waals surface area contributed by atoms with E-state index >= 15 is 0 Å². The average Bonchev–Trinajstić information content (AvgIpc) is 2.77. The van der Waals surface area contributed by atoms with Crippen molar-refractivity contribution in [2.45, 2.75) is 13.0 Å². The number of ether oxygens (including phenoxy) is 1. The first-order valence-electron chi connectivity index (χ1n) is 6.20. The number of anilines is 1. The molecule has 1 unspecified atom stereocenters. The molecule has 0 bridgehead atoms. The van der Waals surface area contributed by atoms with Crippen molar-refractivity contribution < 1.29 is 26.9 Å². The van der Waals surface area contributed by atoms with Gasteiger partial charge in [-0.1, -0.05) is 0 Å². The molecule has 8 heteroatoms. The normalized spacial score (nSPS) is 18.7. The lowest BCUT2D eigenvalue weighted by atomic mass is 10.1. The molecular weight excluding hydrogens is 298 g/mol. The van der Waals surface area contributed by atoms with E-state index < -0.39 is 22.3 Å². The number of benzene rings is 1. The zero-order valence-corrected chi connectivity index (χ0v) is 12.4. The van der Waals surface area contributed by atoms with Gasteiger partial charge in [-0.05, 0) is 31.2 Å². The van der Waals surface area contributed by atoms with Crippen LogP contribution in [0.2, 0.25) is 0 Å². The largest absolute Gasteiger partial charge is 0.441 e. The molecule has 1 heterocycles. The topological polar surface area (TPSA) is 90.0 Å². The lowest BCUT2D eigenvalue weighted by molar-refractivity contribution is 0.101. The predicted molar refractivity (Wildman–Crippen MR) is 74.9 cm³/mol. The maximum Gasteiger partial charge on any atom is 0.414 e. The van der Waals surface area contributed by atoms with Crippen molar-refractivity contribution in [2.75, 3.05) is 24.3 Å². The van der Waals surface area contributed by atoms with Crippen molar-refractivity contribution in [1.82, 2.24) is 0 Å². The number of amides is 1. The summed E-state index contributed by atoms with van der Waals surface area (Å²) < 4.78 is 31.5. The smallest absolute Gasteiger partial charge is 0.414 e. The highest BCUT2D eigenvalue weighted by Crippen LogP contribution is 2.22. The average molecular weight is 313 g/mol. The van der Waals surface area contributed by atoms with E-state index in [-0.39, 0.29) is 18.9 Å². The number of nitrogens with zero attached hydrogens (tertiary/aromatic N) is 1. The van der Waals surface area contributed by atoms with Gasteiger partial charge in [-0.3, -0.25) is 13.9 Å². The molecule has 0 radical (unpaired) electrons. The van der Waals surface area contributed by atoms with Crippen molar-refractivity contribution >= 4 is 27.7 Å². The minimum absolute atomic E-state index is 0.0648. The van der Waals surface area contributed by atoms with Crippen molar-refractivity contribution in [3.8, 4) is 0 Å². The molecule has 21 heavy (non-hydrogen) atoms. The molecule has 2 rings (SSSR count). The Morgan fingerprint density at radius 2 is 2.00 bits per heavy atom. The van der Waals surface area contributed by atoms with Crippen molar-refractivity contribution in [2.24, 2.45) is 0 Å². The van der Waals surface area contributed by atoms with Crippen LogP contribution >= 0.6 is 0 Å². The molecule has 0 saturated carbocycles. The molecule has 1 fully saturated rings. The third kappa shape index (κ3) is 4.02. The number of carbonyl (C=O) groups is 2. The second kappa shape index (κ2) is 5.82. The van der Waals surface area contributed by atoms with E-state index in [4.69, 9.17) is 4.74 Å². The Hall–Kier alpha value is -1.93. The molecular formula is C13H15NO6S. The van der Waals surface area contributed by atoms with Crippen LogP contribution in [-0.4, -0.2) is 45.8 Å². The summed E-state index contributed by atoms with van der Waals surface area (Å²) in [6.45, 7) is 1.43. The Bertz CT molecular complexity index is 652. The highest BCUT2D eigenvalue weighted by Gasteiger charge is 2.33. The summed E-state index contributed by atoms with van der Waals surface area (Å²) in [6.07, 6.45) is -0.297. The van der Waals surface area contributed by atoms with Crippen LogP contribution in [0.5, 0.6) is 0 Å². The number of hydrogen-bond acceptors (Lipinski definition) is 6. The molecule has 1 atom stereocenters. The first-order chi connectivity index (χ1) is 9.76. The summed E-state index contributed by atoms with van der Waals surface area (Å²) in [5.41, 5.74) is 1.12. The van der Waals surface area contributed by atoms with Crippen LogP contribution < -0.4 is 4.90 Å². The van der Waals surface area contributed by atoms with E-state index in [1.54, 1.807) is 24.3 Å². The Kier molecular flexibility index (Phi) is 4.29. The summed E-state index contributed by atoms with van der Waals surface area (Å²) >= 11 is 0. The van der Waals surface area contributed by atoms with Crippen LogP contribution in [0.4, 0.5) is 10.5 Å². The maximum absolute atomic E-state index is 11.8. The third-order valence-corrected chi connectivity index (χ3v) is 3.49. The number of Topliss-reactive ketones (excluding diaryl/α,β-unsaturated/α-hetero) is 1. The summed E-state index contributed by atoms with van der Waals surface area (Å²) in [6, 6.07) is 6.51. The predicted octanol–water partition coefficient (Wildman–Crippen LogP) is 1.19. The lowest BCUT2D eigenvalue weighted by Gasteiger charge is -2.13. The number of carbonyl (C=O) groups excluding carboxylic acids is 2. The SMILES string of the molecule is CC(=O)c1ccc(N2CC(COS(C)(=O)=O)OC2=O)cc1. The molecule has 1 aromatic carbocycles. The van der Waals surface area contributed by atoms with Crippen LogP contribution in [0, 0.1) is 0 Å². The number of hydrogen-bond donors (Lipinski definition) is 0. The Balaban J connectivity index is 2.04. The first kappa shape index (κ1) is 15.5. The van der Waals surface area contributed by atoms with E-state index in [0.29, 0.717) is 11.3 Å². The fourth-order valence-corrected chi connectivity index (χ4v) is 2.29. The van der Waals surface area contributed by atoms with Crippen LogP contribution in [0.25, 0.3) is 0 Å². The van der Waals surface area contributed by atoms with E-state index in [9.17, 15) is 18.0 Å².